The fraction of sp³-hybridized carbons (Fsp3) is 0.214. The molecule has 0 fully saturated rings. The first kappa shape index (κ1) is 11.6. The summed E-state index contributed by atoms with van der Waals surface area (Å²) in [5, 5.41) is 7.65. The SMILES string of the molecule is C=CC(C)NCc1ccccc1-n1cccn1. The number of benzene rings is 1. The van der Waals surface area contributed by atoms with E-state index in [2.05, 4.69) is 36.1 Å². The number of aromatic nitrogens is 2. The molecule has 1 unspecified atom stereocenters. The van der Waals surface area contributed by atoms with Gasteiger partial charge in [-0.15, -0.1) is 6.58 Å². The maximum Gasteiger partial charge on any atom is 0.0690 e. The fourth-order valence-corrected chi connectivity index (χ4v) is 1.65. The summed E-state index contributed by atoms with van der Waals surface area (Å²) in [4.78, 5) is 0. The standard InChI is InChI=1S/C14H17N3/c1-3-12(2)15-11-13-7-4-5-8-14(13)17-10-6-9-16-17/h3-10,12,15H,1,11H2,2H3. The van der Waals surface area contributed by atoms with E-state index < -0.39 is 0 Å². The van der Waals surface area contributed by atoms with Gasteiger partial charge in [0.15, 0.2) is 0 Å². The number of para-hydroxylation sites is 1. The van der Waals surface area contributed by atoms with Crippen molar-refractivity contribution in [3.8, 4) is 5.69 Å². The molecule has 0 saturated carbocycles. The predicted molar refractivity (Wildman–Crippen MR) is 70.1 cm³/mol. The molecular weight excluding hydrogens is 210 g/mol. The Labute approximate surface area is 102 Å². The molecule has 2 rings (SSSR count). The molecule has 3 heteroatoms. The van der Waals surface area contributed by atoms with Crippen molar-refractivity contribution >= 4 is 0 Å². The summed E-state index contributed by atoms with van der Waals surface area (Å²) in [6.45, 7) is 6.66. The maximum absolute atomic E-state index is 4.26. The van der Waals surface area contributed by atoms with E-state index in [1.165, 1.54) is 5.56 Å². The number of hydrogen-bond donors (Lipinski definition) is 1. The van der Waals surface area contributed by atoms with Gasteiger partial charge in [0.2, 0.25) is 0 Å². The van der Waals surface area contributed by atoms with E-state index in [0.29, 0.717) is 6.04 Å². The molecule has 1 heterocycles. The van der Waals surface area contributed by atoms with E-state index in [9.17, 15) is 0 Å². The number of nitrogens with one attached hydrogen (secondary N) is 1. The van der Waals surface area contributed by atoms with Gasteiger partial charge in [0.25, 0.3) is 0 Å². The van der Waals surface area contributed by atoms with E-state index in [4.69, 9.17) is 0 Å². The number of nitrogens with zero attached hydrogens (tertiary/aromatic N) is 2. The Morgan fingerprint density at radius 1 is 1.41 bits per heavy atom. The van der Waals surface area contributed by atoms with E-state index in [1.807, 2.05) is 35.2 Å². The van der Waals surface area contributed by atoms with Crippen molar-refractivity contribution in [2.24, 2.45) is 0 Å². The lowest BCUT2D eigenvalue weighted by Gasteiger charge is -2.12. The third-order valence-corrected chi connectivity index (χ3v) is 2.71. The van der Waals surface area contributed by atoms with Gasteiger partial charge in [-0.3, -0.25) is 0 Å². The van der Waals surface area contributed by atoms with Crippen LogP contribution in [0, 0.1) is 0 Å². The summed E-state index contributed by atoms with van der Waals surface area (Å²) >= 11 is 0. The van der Waals surface area contributed by atoms with Crippen molar-refractivity contribution in [3.63, 3.8) is 0 Å². The van der Waals surface area contributed by atoms with E-state index in [1.54, 1.807) is 6.20 Å². The minimum Gasteiger partial charge on any atom is -0.307 e. The Bertz CT molecular complexity index is 474. The highest BCUT2D eigenvalue weighted by Gasteiger charge is 2.04. The average Bonchev–Trinajstić information content (AvgIpc) is 2.90. The molecule has 1 aromatic heterocycles. The van der Waals surface area contributed by atoms with Crippen LogP contribution in [0.15, 0.2) is 55.4 Å². The predicted octanol–water partition coefficient (Wildman–Crippen LogP) is 2.54. The van der Waals surface area contributed by atoms with Gasteiger partial charge in [0.05, 0.1) is 5.69 Å². The molecule has 3 nitrogen and oxygen atoms in total. The van der Waals surface area contributed by atoms with Crippen LogP contribution in [0.3, 0.4) is 0 Å². The molecule has 1 atom stereocenters. The molecule has 0 saturated heterocycles. The van der Waals surface area contributed by atoms with E-state index in [-0.39, 0.29) is 0 Å². The molecule has 0 bridgehead atoms. The third-order valence-electron chi connectivity index (χ3n) is 2.71. The first-order chi connectivity index (χ1) is 8.31. The van der Waals surface area contributed by atoms with Crippen LogP contribution in [-0.4, -0.2) is 15.8 Å². The van der Waals surface area contributed by atoms with Gasteiger partial charge >= 0.3 is 0 Å². The van der Waals surface area contributed by atoms with Crippen molar-refractivity contribution in [1.82, 2.24) is 15.1 Å². The van der Waals surface area contributed by atoms with E-state index >= 15 is 0 Å². The summed E-state index contributed by atoms with van der Waals surface area (Å²) in [7, 11) is 0. The van der Waals surface area contributed by atoms with Crippen LogP contribution in [-0.2, 0) is 6.54 Å². The van der Waals surface area contributed by atoms with Gasteiger partial charge in [-0.1, -0.05) is 24.3 Å². The van der Waals surface area contributed by atoms with Gasteiger partial charge in [-0.05, 0) is 24.6 Å². The number of rotatable bonds is 5. The second kappa shape index (κ2) is 5.46. The molecule has 17 heavy (non-hydrogen) atoms. The topological polar surface area (TPSA) is 29.9 Å². The molecule has 0 aliphatic carbocycles. The van der Waals surface area contributed by atoms with Crippen molar-refractivity contribution in [3.05, 3.63) is 60.9 Å². The Morgan fingerprint density at radius 3 is 2.94 bits per heavy atom. The lowest BCUT2D eigenvalue weighted by molar-refractivity contribution is 0.630. The lowest BCUT2D eigenvalue weighted by Crippen LogP contribution is -2.23. The average molecular weight is 227 g/mol. The van der Waals surface area contributed by atoms with Crippen LogP contribution < -0.4 is 5.32 Å². The molecule has 0 spiro atoms. The van der Waals surface area contributed by atoms with Crippen LogP contribution in [0.5, 0.6) is 0 Å². The zero-order valence-electron chi connectivity index (χ0n) is 10.0. The second-order valence-corrected chi connectivity index (χ2v) is 3.98. The van der Waals surface area contributed by atoms with Crippen LogP contribution >= 0.6 is 0 Å². The lowest BCUT2D eigenvalue weighted by atomic mass is 10.1. The molecule has 0 aliphatic rings. The third kappa shape index (κ3) is 2.82. The second-order valence-electron chi connectivity index (χ2n) is 3.98. The Morgan fingerprint density at radius 2 is 2.24 bits per heavy atom. The molecular formula is C14H17N3. The Kier molecular flexibility index (Phi) is 3.73. The maximum atomic E-state index is 4.26. The molecule has 0 radical (unpaired) electrons. The molecule has 2 aromatic rings. The van der Waals surface area contributed by atoms with Crippen molar-refractivity contribution < 1.29 is 0 Å². The summed E-state index contributed by atoms with van der Waals surface area (Å²) in [6.07, 6.45) is 5.64. The highest BCUT2D eigenvalue weighted by atomic mass is 15.3. The summed E-state index contributed by atoms with van der Waals surface area (Å²) in [5.74, 6) is 0. The van der Waals surface area contributed by atoms with Crippen LogP contribution in [0.2, 0.25) is 0 Å². The van der Waals surface area contributed by atoms with E-state index in [0.717, 1.165) is 12.2 Å². The van der Waals surface area contributed by atoms with Crippen molar-refractivity contribution in [2.75, 3.05) is 0 Å². The zero-order chi connectivity index (χ0) is 12.1. The minimum atomic E-state index is 0.306. The molecule has 0 amide bonds. The summed E-state index contributed by atoms with van der Waals surface area (Å²) in [6, 6.07) is 10.5. The van der Waals surface area contributed by atoms with Gasteiger partial charge in [0.1, 0.15) is 0 Å². The smallest absolute Gasteiger partial charge is 0.0690 e. The first-order valence-corrected chi connectivity index (χ1v) is 5.75. The Balaban J connectivity index is 2.19. The van der Waals surface area contributed by atoms with Crippen LogP contribution in [0.4, 0.5) is 0 Å². The monoisotopic (exact) mass is 227 g/mol. The quantitative estimate of drug-likeness (QED) is 0.795. The summed E-state index contributed by atoms with van der Waals surface area (Å²) in [5.41, 5.74) is 2.34. The molecule has 0 aliphatic heterocycles. The van der Waals surface area contributed by atoms with Crippen molar-refractivity contribution in [2.45, 2.75) is 19.5 Å². The fourth-order valence-electron chi connectivity index (χ4n) is 1.65. The van der Waals surface area contributed by atoms with Crippen LogP contribution in [0.1, 0.15) is 12.5 Å². The molecule has 1 aromatic carbocycles. The van der Waals surface area contributed by atoms with Gasteiger partial charge in [-0.2, -0.15) is 5.10 Å². The normalized spacial score (nSPS) is 12.3. The summed E-state index contributed by atoms with van der Waals surface area (Å²) < 4.78 is 1.88. The highest BCUT2D eigenvalue weighted by molar-refractivity contribution is 5.40. The number of hydrogen-bond acceptors (Lipinski definition) is 2. The zero-order valence-corrected chi connectivity index (χ0v) is 10.0. The first-order valence-electron chi connectivity index (χ1n) is 5.75. The Hall–Kier alpha value is -1.87. The minimum absolute atomic E-state index is 0.306. The van der Waals surface area contributed by atoms with Crippen LogP contribution in [0.25, 0.3) is 5.69 Å². The van der Waals surface area contributed by atoms with Gasteiger partial charge < -0.3 is 5.32 Å². The largest absolute Gasteiger partial charge is 0.307 e. The highest BCUT2D eigenvalue weighted by Crippen LogP contribution is 2.13. The molecule has 1 N–H and O–H groups in total. The molecule has 88 valence electrons. The van der Waals surface area contributed by atoms with Crippen molar-refractivity contribution in [1.29, 1.82) is 0 Å². The van der Waals surface area contributed by atoms with Gasteiger partial charge in [-0.25, -0.2) is 4.68 Å². The van der Waals surface area contributed by atoms with Gasteiger partial charge in [0, 0.05) is 25.0 Å².